The maximum atomic E-state index is 9.77. The first-order valence-corrected chi connectivity index (χ1v) is 12.0. The fraction of sp³-hybridized carbons (Fsp3) is 0.615. The van der Waals surface area contributed by atoms with Crippen molar-refractivity contribution in [3.05, 3.63) is 41.0 Å². The van der Waals surface area contributed by atoms with Gasteiger partial charge in [-0.25, -0.2) is 9.59 Å². The highest BCUT2D eigenvalue weighted by Crippen LogP contribution is 2.56. The molecule has 1 saturated carbocycles. The summed E-state index contributed by atoms with van der Waals surface area (Å²) in [7, 11) is 1.80. The standard InChI is InChI=1S/C22H31NO.C4H6O6/c1-16(2)9-12-23-13-11-22-10-5-4-6-19(22)21(23)14-17-7-8-18(24-3)15-20(17)22;5-1(3(7)8)2(6)4(9)10/h7-9,15,19,21H,4-6,10-14H2,1-3H3;1-2,5-6H,(H,7,8)(H,9,10)/t19-,21-,22+;1-,2-/m01/s1. The van der Waals surface area contributed by atoms with E-state index in [4.69, 9.17) is 25.2 Å². The lowest BCUT2D eigenvalue weighted by Gasteiger charge is -2.59. The lowest BCUT2D eigenvalue weighted by molar-refractivity contribution is -0.165. The minimum Gasteiger partial charge on any atom is -0.497 e. The van der Waals surface area contributed by atoms with Gasteiger partial charge >= 0.3 is 11.9 Å². The summed E-state index contributed by atoms with van der Waals surface area (Å²) in [6.45, 7) is 6.82. The van der Waals surface area contributed by atoms with Crippen LogP contribution >= 0.6 is 0 Å². The largest absolute Gasteiger partial charge is 0.497 e. The van der Waals surface area contributed by atoms with E-state index in [1.54, 1.807) is 18.2 Å². The lowest BCUT2D eigenvalue weighted by atomic mass is 9.52. The molecule has 4 rings (SSSR count). The molecule has 0 radical (unpaired) electrons. The third-order valence-corrected chi connectivity index (χ3v) is 7.70. The number of rotatable bonds is 6. The van der Waals surface area contributed by atoms with E-state index in [0.29, 0.717) is 5.41 Å². The molecule has 0 amide bonds. The number of carboxylic acid groups (broad SMARTS) is 2. The van der Waals surface area contributed by atoms with Gasteiger partial charge in [0.25, 0.3) is 0 Å². The number of ether oxygens (including phenoxy) is 1. The van der Waals surface area contributed by atoms with Crippen LogP contribution in [0.15, 0.2) is 29.8 Å². The van der Waals surface area contributed by atoms with Gasteiger partial charge in [0.2, 0.25) is 0 Å². The van der Waals surface area contributed by atoms with Gasteiger partial charge in [-0.05, 0) is 75.3 Å². The molecule has 0 spiro atoms. The maximum Gasteiger partial charge on any atom is 0.335 e. The minimum atomic E-state index is -2.27. The number of nitrogens with zero attached hydrogens (tertiary/aromatic N) is 1. The van der Waals surface area contributed by atoms with E-state index < -0.39 is 24.1 Å². The van der Waals surface area contributed by atoms with Crippen molar-refractivity contribution in [2.24, 2.45) is 5.92 Å². The van der Waals surface area contributed by atoms with E-state index in [-0.39, 0.29) is 0 Å². The molecule has 4 N–H and O–H groups in total. The zero-order valence-corrected chi connectivity index (χ0v) is 20.2. The molecule has 0 aromatic heterocycles. The second-order valence-electron chi connectivity index (χ2n) is 9.90. The Bertz CT molecular complexity index is 908. The summed E-state index contributed by atoms with van der Waals surface area (Å²) in [4.78, 5) is 22.3. The fourth-order valence-corrected chi connectivity index (χ4v) is 5.99. The second kappa shape index (κ2) is 10.9. The van der Waals surface area contributed by atoms with Crippen LogP contribution in [0.5, 0.6) is 5.75 Å². The Hall–Kier alpha value is -2.42. The number of fused-ring (bicyclic) bond motifs is 1. The molecule has 8 nitrogen and oxygen atoms in total. The topological polar surface area (TPSA) is 128 Å². The van der Waals surface area contributed by atoms with E-state index in [1.165, 1.54) is 50.6 Å². The van der Waals surface area contributed by atoms with Crippen molar-refractivity contribution in [2.45, 2.75) is 76.0 Å². The zero-order valence-electron chi connectivity index (χ0n) is 20.2. The lowest BCUT2D eigenvalue weighted by Crippen LogP contribution is -2.60. The van der Waals surface area contributed by atoms with Crippen molar-refractivity contribution in [1.82, 2.24) is 4.90 Å². The molecule has 188 valence electrons. The van der Waals surface area contributed by atoms with Gasteiger partial charge in [-0.15, -0.1) is 0 Å². The van der Waals surface area contributed by atoms with Crippen LogP contribution in [0.4, 0.5) is 0 Å². The molecule has 1 aromatic carbocycles. The van der Waals surface area contributed by atoms with Gasteiger partial charge < -0.3 is 25.2 Å². The summed E-state index contributed by atoms with van der Waals surface area (Å²) in [5.74, 6) is -1.66. The van der Waals surface area contributed by atoms with E-state index in [0.717, 1.165) is 24.3 Å². The zero-order chi connectivity index (χ0) is 25.0. The van der Waals surface area contributed by atoms with E-state index in [9.17, 15) is 9.59 Å². The maximum absolute atomic E-state index is 9.77. The number of hydrogen-bond acceptors (Lipinski definition) is 6. The molecule has 1 saturated heterocycles. The summed E-state index contributed by atoms with van der Waals surface area (Å²) < 4.78 is 5.56. The Morgan fingerprint density at radius 3 is 2.41 bits per heavy atom. The smallest absolute Gasteiger partial charge is 0.335 e. The number of piperidine rings is 1. The van der Waals surface area contributed by atoms with Crippen LogP contribution < -0.4 is 4.74 Å². The summed E-state index contributed by atoms with van der Waals surface area (Å²) in [6.07, 6.45) is 6.03. The number of carbonyl (C=O) groups is 2. The van der Waals surface area contributed by atoms with E-state index in [2.05, 4.69) is 43.0 Å². The van der Waals surface area contributed by atoms with Gasteiger partial charge in [-0.1, -0.05) is 30.6 Å². The summed E-state index contributed by atoms with van der Waals surface area (Å²) in [5, 5.41) is 32.5. The Morgan fingerprint density at radius 1 is 1.15 bits per heavy atom. The van der Waals surface area contributed by atoms with Crippen LogP contribution in [-0.4, -0.2) is 75.7 Å². The van der Waals surface area contributed by atoms with Crippen molar-refractivity contribution < 1.29 is 34.8 Å². The summed E-state index contributed by atoms with van der Waals surface area (Å²) in [6, 6.07) is 7.61. The molecular formula is C26H37NO7. The highest BCUT2D eigenvalue weighted by molar-refractivity contribution is 5.83. The molecule has 0 unspecified atom stereocenters. The third-order valence-electron chi connectivity index (χ3n) is 7.70. The Labute approximate surface area is 200 Å². The first-order valence-electron chi connectivity index (χ1n) is 12.0. The van der Waals surface area contributed by atoms with Gasteiger partial charge in [0.15, 0.2) is 12.2 Å². The number of carboxylic acids is 2. The molecule has 1 aromatic rings. The molecule has 5 atom stereocenters. The number of aliphatic carboxylic acids is 2. The number of methoxy groups -OCH3 is 1. The van der Waals surface area contributed by atoms with Crippen molar-refractivity contribution in [1.29, 1.82) is 0 Å². The monoisotopic (exact) mass is 475 g/mol. The van der Waals surface area contributed by atoms with Crippen molar-refractivity contribution in [3.63, 3.8) is 0 Å². The number of aliphatic hydroxyl groups excluding tert-OH is 2. The number of aliphatic hydroxyl groups is 2. The molecular weight excluding hydrogens is 438 g/mol. The highest BCUT2D eigenvalue weighted by atomic mass is 16.5. The Kier molecular flexibility index (Phi) is 8.38. The molecule has 1 heterocycles. The molecule has 2 aliphatic carbocycles. The SMILES string of the molecule is COc1ccc2c(c1)[C@@]13CCCC[C@H]1[C@H](C2)N(CC=C(C)C)CC3.O=C(O)[C@H](O)[C@@H](O)C(=O)O. The quantitative estimate of drug-likeness (QED) is 0.463. The van der Waals surface area contributed by atoms with Gasteiger partial charge in [0, 0.05) is 18.0 Å². The number of benzene rings is 1. The Morgan fingerprint density at radius 2 is 1.82 bits per heavy atom. The molecule has 3 aliphatic rings. The number of allylic oxidation sites excluding steroid dienone is 1. The van der Waals surface area contributed by atoms with Crippen LogP contribution in [0.1, 0.15) is 57.1 Å². The van der Waals surface area contributed by atoms with Crippen LogP contribution in [0.25, 0.3) is 0 Å². The van der Waals surface area contributed by atoms with Crippen LogP contribution in [0.2, 0.25) is 0 Å². The van der Waals surface area contributed by atoms with E-state index in [1.807, 2.05) is 0 Å². The normalized spacial score (nSPS) is 27.1. The third kappa shape index (κ3) is 5.29. The first kappa shape index (κ1) is 26.2. The molecule has 2 fully saturated rings. The molecule has 34 heavy (non-hydrogen) atoms. The van der Waals surface area contributed by atoms with Gasteiger partial charge in [-0.2, -0.15) is 0 Å². The average molecular weight is 476 g/mol. The van der Waals surface area contributed by atoms with Gasteiger partial charge in [0.1, 0.15) is 5.75 Å². The molecule has 8 heteroatoms. The molecule has 2 bridgehead atoms. The highest BCUT2D eigenvalue weighted by Gasteiger charge is 2.53. The van der Waals surface area contributed by atoms with Crippen LogP contribution in [0.3, 0.4) is 0 Å². The average Bonchev–Trinajstić information content (AvgIpc) is 2.82. The second-order valence-corrected chi connectivity index (χ2v) is 9.90. The number of likely N-dealkylation sites (tertiary alicyclic amines) is 1. The van der Waals surface area contributed by atoms with Gasteiger partial charge in [0.05, 0.1) is 7.11 Å². The van der Waals surface area contributed by atoms with Crippen molar-refractivity contribution >= 4 is 11.9 Å². The van der Waals surface area contributed by atoms with E-state index >= 15 is 0 Å². The van der Waals surface area contributed by atoms with Gasteiger partial charge in [-0.3, -0.25) is 4.90 Å². The molecule has 1 aliphatic heterocycles. The first-order chi connectivity index (χ1) is 16.1. The Balaban J connectivity index is 0.000000277. The summed E-state index contributed by atoms with van der Waals surface area (Å²) in [5.41, 5.74) is 5.08. The van der Waals surface area contributed by atoms with Crippen molar-refractivity contribution in [3.8, 4) is 5.75 Å². The van der Waals surface area contributed by atoms with Crippen LogP contribution in [0, 0.1) is 5.92 Å². The number of hydrogen-bond donors (Lipinski definition) is 4. The summed E-state index contributed by atoms with van der Waals surface area (Å²) >= 11 is 0. The van der Waals surface area contributed by atoms with Crippen molar-refractivity contribution in [2.75, 3.05) is 20.2 Å². The minimum absolute atomic E-state index is 0.423. The van der Waals surface area contributed by atoms with Crippen LogP contribution in [-0.2, 0) is 21.4 Å². The fourth-order valence-electron chi connectivity index (χ4n) is 5.99. The predicted octanol–water partition coefficient (Wildman–Crippen LogP) is 2.60. The predicted molar refractivity (Wildman–Crippen MR) is 127 cm³/mol.